The molecule has 23 heteroatoms. The third-order valence-corrected chi connectivity index (χ3v) is 15.7. The summed E-state index contributed by atoms with van der Waals surface area (Å²) in [7, 11) is 0. The average Bonchev–Trinajstić information content (AvgIpc) is 4.29. The molecule has 2 fully saturated rings. The summed E-state index contributed by atoms with van der Waals surface area (Å²) in [4.78, 5) is 82.2. The van der Waals surface area contributed by atoms with Gasteiger partial charge in [0.2, 0.25) is 17.4 Å². The van der Waals surface area contributed by atoms with E-state index in [-0.39, 0.29) is 47.2 Å². The number of H-pyrrole nitrogens is 1. The van der Waals surface area contributed by atoms with Crippen LogP contribution in [0.2, 0.25) is 8.67 Å². The van der Waals surface area contributed by atoms with Crippen LogP contribution in [0, 0.1) is 0 Å². The Hall–Kier alpha value is -5.81. The topological polar surface area (TPSA) is 184 Å². The molecule has 73 heavy (non-hydrogen) atoms. The van der Waals surface area contributed by atoms with Crippen LogP contribution in [0.5, 0.6) is 0 Å². The Kier molecular flexibility index (Phi) is 19.0. The number of carbonyl (C=O) groups is 4. The Morgan fingerprint density at radius 2 is 1.12 bits per heavy atom. The van der Waals surface area contributed by atoms with Crippen molar-refractivity contribution in [3.8, 4) is 22.5 Å². The molecule has 0 spiro atoms. The van der Waals surface area contributed by atoms with Crippen molar-refractivity contribution in [3.63, 3.8) is 0 Å². The van der Waals surface area contributed by atoms with Crippen molar-refractivity contribution in [2.24, 2.45) is 0 Å². The number of alkyl halides is 1. The van der Waals surface area contributed by atoms with E-state index in [1.54, 1.807) is 57.2 Å². The molecule has 0 saturated carbocycles. The molecular weight excluding hydrogens is 1080 g/mol. The Balaban J connectivity index is 0.000000168. The van der Waals surface area contributed by atoms with Crippen molar-refractivity contribution >= 4 is 104 Å². The standard InChI is InChI=1S/C25H23ClN4O4S2.C19H14ClN3O2S2.C6H10ClNO2/c26-22-4-3-20(36-22)2-1-19-14-21(27-30(19)25(33)18-6-12-35-16-18)17-5-7-29(23(31)13-17)15-24(32)28-8-10-34-11-9-28;20-17-4-3-15(27-17)2-1-14-10-16(12-5-7-21-18(24)9-12)22-23(14)19(25)13-6-8-26-11-13;7-5-6(9)8-1-3-10-4-2-8/h3-7,12-14,16H,1-2,8-11,15H2;3-11H,1-2H2,(H,21,24);1-5H2. The first-order valence-electron chi connectivity index (χ1n) is 22.9. The van der Waals surface area contributed by atoms with Gasteiger partial charge in [0.1, 0.15) is 12.4 Å². The van der Waals surface area contributed by atoms with Gasteiger partial charge in [-0.05, 0) is 97.1 Å². The highest BCUT2D eigenvalue weighted by Crippen LogP contribution is 2.27. The number of amides is 2. The van der Waals surface area contributed by atoms with E-state index in [0.717, 1.165) is 36.2 Å². The van der Waals surface area contributed by atoms with E-state index in [2.05, 4.69) is 15.2 Å². The van der Waals surface area contributed by atoms with Crippen LogP contribution in [0.1, 0.15) is 41.9 Å². The van der Waals surface area contributed by atoms with E-state index in [4.69, 9.17) is 44.3 Å². The summed E-state index contributed by atoms with van der Waals surface area (Å²) >= 11 is 23.4. The summed E-state index contributed by atoms with van der Waals surface area (Å²) < 4.78 is 16.1. The number of hydrogen-bond acceptors (Lipinski definition) is 14. The first kappa shape index (κ1) is 53.5. The number of pyridine rings is 2. The van der Waals surface area contributed by atoms with Gasteiger partial charge in [0.05, 0.1) is 57.6 Å². The van der Waals surface area contributed by atoms with Crippen LogP contribution in [-0.4, -0.2) is 121 Å². The second kappa shape index (κ2) is 25.9. The van der Waals surface area contributed by atoms with Crippen LogP contribution < -0.4 is 11.1 Å². The minimum atomic E-state index is -0.303. The first-order valence-corrected chi connectivity index (χ1v) is 27.7. The number of nitrogens with one attached hydrogen (secondary N) is 1. The number of nitrogens with zero attached hydrogens (tertiary/aromatic N) is 7. The number of aromatic nitrogens is 6. The predicted octanol–water partition coefficient (Wildman–Crippen LogP) is 8.39. The Morgan fingerprint density at radius 1 is 0.616 bits per heavy atom. The zero-order valence-corrected chi connectivity index (χ0v) is 44.5. The summed E-state index contributed by atoms with van der Waals surface area (Å²) in [5.41, 5.74) is 4.59. The number of carbonyl (C=O) groups excluding carboxylic acids is 4. The second-order valence-electron chi connectivity index (χ2n) is 16.4. The SMILES string of the molecule is O=C(CCl)N1CCOCC1.O=C(Cn1ccc(-c2cc(CCc3ccc(Cl)s3)n(C(=O)c3ccsc3)n2)cc1=O)N1CCOCC1.O=C(c1ccsc1)n1nc(-c2cc[nH]c(=O)c2)cc1CCc1ccc(Cl)s1. The van der Waals surface area contributed by atoms with Gasteiger partial charge in [-0.15, -0.1) is 34.3 Å². The van der Waals surface area contributed by atoms with E-state index in [1.165, 1.54) is 71.4 Å². The second-order valence-corrected chi connectivity index (χ2v) is 21.8. The monoisotopic (exact) mass is 1120 g/mol. The molecule has 2 aliphatic heterocycles. The molecule has 0 aromatic carbocycles. The number of thiophene rings is 4. The van der Waals surface area contributed by atoms with Crippen LogP contribution in [0.15, 0.2) is 116 Å². The molecule has 0 bridgehead atoms. The fourth-order valence-electron chi connectivity index (χ4n) is 7.68. The summed E-state index contributed by atoms with van der Waals surface area (Å²) in [6.07, 6.45) is 5.88. The van der Waals surface area contributed by atoms with Gasteiger partial charge >= 0.3 is 0 Å². The maximum absolute atomic E-state index is 13.2. The Morgan fingerprint density at radius 3 is 1.56 bits per heavy atom. The Labute approximate surface area is 449 Å². The molecule has 0 aliphatic carbocycles. The maximum Gasteiger partial charge on any atom is 0.279 e. The lowest BCUT2D eigenvalue weighted by atomic mass is 10.1. The van der Waals surface area contributed by atoms with Crippen molar-refractivity contribution in [3.05, 3.63) is 168 Å². The smallest absolute Gasteiger partial charge is 0.279 e. The van der Waals surface area contributed by atoms with Gasteiger partial charge in [-0.3, -0.25) is 28.8 Å². The summed E-state index contributed by atoms with van der Waals surface area (Å²) in [5.74, 6) is -0.419. The molecule has 2 amide bonds. The molecule has 10 heterocycles. The van der Waals surface area contributed by atoms with Crippen molar-refractivity contribution in [1.82, 2.24) is 38.9 Å². The number of ether oxygens (including phenoxy) is 2. The van der Waals surface area contributed by atoms with E-state index in [9.17, 15) is 28.8 Å². The molecule has 380 valence electrons. The quantitative estimate of drug-likeness (QED) is 0.110. The molecule has 1 N–H and O–H groups in total. The summed E-state index contributed by atoms with van der Waals surface area (Å²) in [6.45, 7) is 4.70. The van der Waals surface area contributed by atoms with E-state index >= 15 is 0 Å². The fraction of sp³-hybridized carbons (Fsp3) is 0.280. The first-order chi connectivity index (χ1) is 35.4. The van der Waals surface area contributed by atoms with Gasteiger partial charge in [-0.1, -0.05) is 23.2 Å². The van der Waals surface area contributed by atoms with Gasteiger partial charge < -0.3 is 28.8 Å². The number of halogens is 3. The van der Waals surface area contributed by atoms with Crippen LogP contribution >= 0.6 is 80.1 Å². The lowest BCUT2D eigenvalue weighted by molar-refractivity contribution is -0.136. The van der Waals surface area contributed by atoms with E-state index in [1.807, 2.05) is 47.2 Å². The Bertz CT molecular complexity index is 3260. The zero-order valence-electron chi connectivity index (χ0n) is 39.0. The minimum absolute atomic E-state index is 0.00460. The largest absolute Gasteiger partial charge is 0.378 e. The minimum Gasteiger partial charge on any atom is -0.378 e. The van der Waals surface area contributed by atoms with Crippen molar-refractivity contribution < 1.29 is 28.7 Å². The highest BCUT2D eigenvalue weighted by atomic mass is 35.5. The highest BCUT2D eigenvalue weighted by Gasteiger charge is 2.22. The van der Waals surface area contributed by atoms with Gasteiger partial charge in [0.25, 0.3) is 17.4 Å². The van der Waals surface area contributed by atoms with Crippen molar-refractivity contribution in [1.29, 1.82) is 0 Å². The normalized spacial score (nSPS) is 13.5. The number of morpholine rings is 2. The molecule has 16 nitrogen and oxygen atoms in total. The predicted molar refractivity (Wildman–Crippen MR) is 287 cm³/mol. The van der Waals surface area contributed by atoms with Crippen LogP contribution in [-0.2, 0) is 51.3 Å². The molecule has 2 aliphatic rings. The number of rotatable bonds is 13. The number of hydrogen-bond donors (Lipinski definition) is 1. The van der Waals surface area contributed by atoms with Gasteiger partial charge in [0.15, 0.2) is 0 Å². The lowest BCUT2D eigenvalue weighted by Crippen LogP contribution is -2.43. The molecule has 10 rings (SSSR count). The zero-order chi connectivity index (χ0) is 51.3. The average molecular weight is 1120 g/mol. The van der Waals surface area contributed by atoms with Gasteiger partial charge in [-0.25, -0.2) is 9.36 Å². The molecule has 8 aromatic heterocycles. The molecule has 0 unspecified atom stereocenters. The summed E-state index contributed by atoms with van der Waals surface area (Å²) in [6, 6.07) is 21.4. The van der Waals surface area contributed by atoms with Gasteiger partial charge in [0, 0.05) is 93.7 Å². The number of aromatic amines is 1. The van der Waals surface area contributed by atoms with E-state index < -0.39 is 0 Å². The lowest BCUT2D eigenvalue weighted by Gasteiger charge is -2.27. The molecule has 2 saturated heterocycles. The highest BCUT2D eigenvalue weighted by molar-refractivity contribution is 7.16. The van der Waals surface area contributed by atoms with E-state index in [0.29, 0.717) is 106 Å². The van der Waals surface area contributed by atoms with Gasteiger partial charge in [-0.2, -0.15) is 32.9 Å². The fourth-order valence-corrected chi connectivity index (χ4v) is 11.3. The summed E-state index contributed by atoms with van der Waals surface area (Å²) in [5, 5.41) is 16.4. The molecule has 0 radical (unpaired) electrons. The van der Waals surface area contributed by atoms with Crippen LogP contribution in [0.4, 0.5) is 0 Å². The van der Waals surface area contributed by atoms with Crippen LogP contribution in [0.25, 0.3) is 22.5 Å². The maximum atomic E-state index is 13.2. The van der Waals surface area contributed by atoms with Crippen molar-refractivity contribution in [2.45, 2.75) is 32.2 Å². The molecular formula is C50H47Cl3N8O8S4. The molecule has 0 atom stereocenters. The third kappa shape index (κ3) is 14.5. The number of aryl methyl sites for hydroxylation is 4. The van der Waals surface area contributed by atoms with Crippen molar-refractivity contribution in [2.75, 3.05) is 58.5 Å². The molecule has 8 aromatic rings. The van der Waals surface area contributed by atoms with Crippen LogP contribution in [0.3, 0.4) is 0 Å². The third-order valence-electron chi connectivity index (χ3n) is 11.5.